The molecule has 663 valence electrons. The summed E-state index contributed by atoms with van der Waals surface area (Å²) >= 11 is 0. The number of hydrogen-bond acceptors (Lipinski definition) is 23. The second-order valence-corrected chi connectivity index (χ2v) is 36.8. The molecule has 6 amide bonds. The topological polar surface area (TPSA) is 493 Å². The Morgan fingerprint density at radius 2 is 0.658 bits per heavy atom. The molecule has 4 atom stereocenters. The van der Waals surface area contributed by atoms with E-state index in [1.54, 1.807) is 50.5 Å². The molecule has 0 aliphatic carbocycles. The molecular formula is C74H129EuGdN19O18P4. The van der Waals surface area contributed by atoms with Gasteiger partial charge < -0.3 is 87.0 Å². The molecule has 0 bridgehead atoms. The summed E-state index contributed by atoms with van der Waals surface area (Å²) in [7, 11) is -11.5. The van der Waals surface area contributed by atoms with Crippen LogP contribution in [0.5, 0.6) is 0 Å². The molecule has 0 saturated carbocycles. The first-order chi connectivity index (χ1) is 54.5. The molecule has 4 heterocycles. The number of benzene rings is 2. The number of pyridine rings is 2. The average molecular weight is 2010 g/mol. The van der Waals surface area contributed by atoms with Gasteiger partial charge in [0.05, 0.1) is 41.6 Å². The van der Waals surface area contributed by atoms with Crippen molar-refractivity contribution in [3.63, 3.8) is 0 Å². The van der Waals surface area contributed by atoms with E-state index in [-0.39, 0.29) is 226 Å². The van der Waals surface area contributed by atoms with Crippen molar-refractivity contribution >= 4 is 87.6 Å². The zero-order chi connectivity index (χ0) is 84.1. The quantitative estimate of drug-likeness (QED) is 0.0208. The molecule has 6 rings (SSSR count). The zero-order valence-electron chi connectivity index (χ0n) is 68.5. The number of carbonyl (C=O) groups is 6. The van der Waals surface area contributed by atoms with Crippen molar-refractivity contribution in [2.75, 3.05) is 197 Å². The number of aryl methyl sites for hydroxylation is 2. The van der Waals surface area contributed by atoms with Crippen LogP contribution in [0.25, 0.3) is 21.8 Å². The number of rotatable bonds is 44. The van der Waals surface area contributed by atoms with E-state index in [1.807, 2.05) is 84.3 Å². The molecule has 2 aliphatic rings. The maximum absolute atomic E-state index is 14.6. The summed E-state index contributed by atoms with van der Waals surface area (Å²) in [5, 5.41) is 28.3. The molecule has 17 N–H and O–H groups in total. The fourth-order valence-electron chi connectivity index (χ4n) is 14.0. The first kappa shape index (κ1) is 106. The SMILES string of the molecule is CNCCCCC(NC(=O)C(CCCCNC(=O)CN1CCN(CP(=O)(O)O)CCN(Cc2ccc3cc(C)ccc3n2)CCN(CP(=O)(O)O)CC1)NC(=O)C(CCCCNC)NC(=O)C(CCCCNC(=O)CN1CCN(CP(=O)(O)O)CCN(Cc2ccc3cc(C)ccc3n2)CCN(CP(=O)(O)O)CC1)NC)C(=O)NC.[Eu].[Gd]. The van der Waals surface area contributed by atoms with Gasteiger partial charge in [0.25, 0.3) is 0 Å². The Hall–Kier alpha value is -2.85. The van der Waals surface area contributed by atoms with Crippen molar-refractivity contribution in [1.29, 1.82) is 0 Å². The molecule has 43 heteroatoms. The molecule has 1 radical (unpaired) electrons. The Bertz CT molecular complexity index is 3830. The Kier molecular flexibility index (Phi) is 50.5. The third kappa shape index (κ3) is 44.5. The summed E-state index contributed by atoms with van der Waals surface area (Å²) in [4.78, 5) is 189. The summed E-state index contributed by atoms with van der Waals surface area (Å²) in [5.74, 6) is -2.96. The molecule has 2 aromatic carbocycles. The minimum absolute atomic E-state index is 0. The van der Waals surface area contributed by atoms with Gasteiger partial charge in [-0.1, -0.05) is 35.4 Å². The van der Waals surface area contributed by atoms with Gasteiger partial charge >= 0.3 is 30.4 Å². The standard InChI is InChI=1S/C74H129N19O18P4.Eu.Gd/c1-57-19-25-63-59(47-57)21-23-61(81-63)49-86-31-39-90(53-112(100,101)102)43-35-88(36-44-91(40-32-86)54-113(103,104)105)51-69(94)79-29-13-9-15-65(77-5)72(97)84-67(17-8-12-28-76-4)74(99)85-68(73(98)83-66(71(96)78-6)16-7-11-27-75-3)18-10-14-30-80-70(95)52-89-37-45-92(55-114(106,107)108)41-33-87(34-42-93(46-38-89)56-115(109,110)111)50-62-24-22-60-48-58(2)20-26-64(60)82-62;;/h19-26,47-48,65-68,75-77H,7-18,27-46,49-56H2,1-6H3,(H,78,96)(H,79,94)(H,80,95)(H,83,98)(H,84,97)(H,85,99)(H2,100,101,102)(H2,103,104,105)(H2,106,107,108)(H2,109,110,111);;. The first-order valence-corrected chi connectivity index (χ1v) is 47.1. The maximum Gasteiger partial charge on any atom is 0.339 e. The summed E-state index contributed by atoms with van der Waals surface area (Å²) in [6, 6.07) is 15.6. The number of fused-ring (bicyclic) bond motifs is 2. The Balaban J connectivity index is 0.0000144. The second kappa shape index (κ2) is 55.5. The van der Waals surface area contributed by atoms with Crippen LogP contribution in [-0.2, 0) is 60.1 Å². The van der Waals surface area contributed by atoms with E-state index >= 15 is 0 Å². The minimum Gasteiger partial charge on any atom is -0.357 e. The van der Waals surface area contributed by atoms with Crippen LogP contribution >= 0.6 is 30.4 Å². The predicted octanol–water partition coefficient (Wildman–Crippen LogP) is 0.225. The molecule has 37 nitrogen and oxygen atoms in total. The van der Waals surface area contributed by atoms with Crippen LogP contribution in [0.1, 0.15) is 99.6 Å². The van der Waals surface area contributed by atoms with Crippen molar-refractivity contribution in [3.05, 3.63) is 83.2 Å². The summed E-state index contributed by atoms with van der Waals surface area (Å²) in [6.45, 7) is 9.76. The van der Waals surface area contributed by atoms with Gasteiger partial charge in [-0.25, -0.2) is 0 Å². The van der Waals surface area contributed by atoms with Crippen molar-refractivity contribution in [3.8, 4) is 0 Å². The fourth-order valence-corrected chi connectivity index (χ4v) is 17.2. The van der Waals surface area contributed by atoms with Gasteiger partial charge in [-0.2, -0.15) is 0 Å². The summed E-state index contributed by atoms with van der Waals surface area (Å²) in [5.41, 5.74) is 5.31. The molecule has 4 unspecified atom stereocenters. The minimum atomic E-state index is -4.55. The normalized spacial score (nSPS) is 17.1. The number of unbranched alkanes of at least 4 members (excludes halogenated alkanes) is 4. The van der Waals surface area contributed by atoms with Gasteiger partial charge in [-0.15, -0.1) is 0 Å². The number of carbonyl (C=O) groups excluding carboxylic acids is 6. The van der Waals surface area contributed by atoms with E-state index < -0.39 is 109 Å². The Labute approximate surface area is 761 Å². The first-order valence-electron chi connectivity index (χ1n) is 39.9. The van der Waals surface area contributed by atoms with Crippen LogP contribution in [0.3, 0.4) is 0 Å². The number of likely N-dealkylation sites (N-methyl/N-ethyl adjacent to an activating group) is 2. The smallest absolute Gasteiger partial charge is 0.339 e. The van der Waals surface area contributed by atoms with E-state index in [0.29, 0.717) is 104 Å². The van der Waals surface area contributed by atoms with Gasteiger partial charge in [0.2, 0.25) is 35.4 Å². The van der Waals surface area contributed by atoms with Crippen LogP contribution < -0.4 is 47.9 Å². The van der Waals surface area contributed by atoms with E-state index in [0.717, 1.165) is 44.3 Å². The van der Waals surface area contributed by atoms with Crippen LogP contribution in [0.15, 0.2) is 60.7 Å². The van der Waals surface area contributed by atoms with Crippen LogP contribution in [0.4, 0.5) is 0 Å². The third-order valence-corrected chi connectivity index (χ3v) is 23.4. The van der Waals surface area contributed by atoms with Crippen molar-refractivity contribution in [2.45, 2.75) is 128 Å². The molecule has 2 saturated heterocycles. The predicted molar refractivity (Wildman–Crippen MR) is 442 cm³/mol. The third-order valence-electron chi connectivity index (χ3n) is 20.3. The van der Waals surface area contributed by atoms with Gasteiger partial charge in [-0.3, -0.25) is 96.2 Å². The molecule has 0 spiro atoms. The van der Waals surface area contributed by atoms with E-state index in [4.69, 9.17) is 9.97 Å². The van der Waals surface area contributed by atoms with E-state index in [1.165, 1.54) is 7.05 Å². The average Bonchev–Trinajstić information content (AvgIpc) is 0.833. The van der Waals surface area contributed by atoms with E-state index in [2.05, 4.69) is 47.9 Å². The van der Waals surface area contributed by atoms with Crippen LogP contribution in [0, 0.1) is 103 Å². The van der Waals surface area contributed by atoms with Crippen molar-refractivity contribution in [2.24, 2.45) is 0 Å². The number of aromatic nitrogens is 2. The maximum atomic E-state index is 14.6. The van der Waals surface area contributed by atoms with Gasteiger partial charge in [0.1, 0.15) is 43.3 Å². The summed E-state index contributed by atoms with van der Waals surface area (Å²) < 4.78 is 49.9. The fraction of sp³-hybridized carbons (Fsp3) is 0.676. The number of nitrogens with zero attached hydrogens (tertiary/aromatic N) is 10. The molecule has 117 heavy (non-hydrogen) atoms. The number of hydrogen-bond donors (Lipinski definition) is 17. The molecular weight excluding hydrogens is 1880 g/mol. The van der Waals surface area contributed by atoms with Crippen molar-refractivity contribution < 1.29 is 175 Å². The van der Waals surface area contributed by atoms with Crippen molar-refractivity contribution in [1.82, 2.24) is 97.0 Å². The summed E-state index contributed by atoms with van der Waals surface area (Å²) in [6.07, 6.45) is 2.65. The van der Waals surface area contributed by atoms with Gasteiger partial charge in [-0.05, 0) is 162 Å². The second-order valence-electron chi connectivity index (χ2n) is 30.3. The molecule has 2 aliphatic heterocycles. The number of amides is 6. The molecule has 2 fully saturated rings. The van der Waals surface area contributed by atoms with E-state index in [9.17, 15) is 86.2 Å². The Morgan fingerprint density at radius 3 is 0.957 bits per heavy atom. The van der Waals surface area contributed by atoms with Crippen LogP contribution in [-0.4, -0.2) is 345 Å². The zero-order valence-corrected chi connectivity index (χ0v) is 76.8. The molecule has 2 aromatic heterocycles. The number of nitrogens with one attached hydrogen (secondary N) is 9. The largest absolute Gasteiger partial charge is 0.357 e. The van der Waals surface area contributed by atoms with Gasteiger partial charge in [0.15, 0.2) is 0 Å². The Morgan fingerprint density at radius 1 is 0.376 bits per heavy atom. The monoisotopic (exact) mass is 2010 g/mol. The molecule has 4 aromatic rings. The van der Waals surface area contributed by atoms with Crippen LogP contribution in [0.2, 0.25) is 0 Å². The van der Waals surface area contributed by atoms with Gasteiger partial charge in [0, 0.05) is 238 Å².